The second-order valence-corrected chi connectivity index (χ2v) is 12.2. The number of aliphatic hydroxyl groups is 1. The maximum absolute atomic E-state index is 10.2. The van der Waals surface area contributed by atoms with E-state index in [0.29, 0.717) is 10.8 Å². The van der Waals surface area contributed by atoms with Crippen molar-refractivity contribution in [3.8, 4) is 0 Å². The van der Waals surface area contributed by atoms with Crippen molar-refractivity contribution in [2.24, 2.45) is 46.3 Å². The van der Waals surface area contributed by atoms with Crippen LogP contribution in [0.5, 0.6) is 0 Å². The molecule has 3 fully saturated rings. The smallest absolute Gasteiger partial charge is 0.0543 e. The lowest BCUT2D eigenvalue weighted by Gasteiger charge is -2.57. The minimum Gasteiger partial charge on any atom is -0.393 e. The van der Waals surface area contributed by atoms with Gasteiger partial charge >= 0.3 is 0 Å². The quantitative estimate of drug-likeness (QED) is 0.488. The van der Waals surface area contributed by atoms with Crippen LogP contribution in [-0.4, -0.2) is 11.2 Å². The van der Waals surface area contributed by atoms with Crippen LogP contribution in [0.3, 0.4) is 0 Å². The average Bonchev–Trinajstić information content (AvgIpc) is 2.99. The number of hydrogen-bond donors (Lipinski definition) is 1. The number of fused-ring (bicyclic) bond motifs is 5. The second-order valence-electron chi connectivity index (χ2n) is 12.2. The number of aliphatic hydroxyl groups excluding tert-OH is 1. The van der Waals surface area contributed by atoms with Gasteiger partial charge < -0.3 is 5.11 Å². The third-order valence-electron chi connectivity index (χ3n) is 10.3. The molecule has 1 heteroatoms. The van der Waals surface area contributed by atoms with E-state index in [2.05, 4.69) is 40.7 Å². The molecule has 0 aromatic heterocycles. The van der Waals surface area contributed by atoms with Crippen molar-refractivity contribution in [3.63, 3.8) is 0 Å². The van der Waals surface area contributed by atoms with Crippen LogP contribution in [0.2, 0.25) is 0 Å². The summed E-state index contributed by atoms with van der Waals surface area (Å²) in [7, 11) is 0. The van der Waals surface area contributed by atoms with Crippen LogP contribution in [0.4, 0.5) is 0 Å². The summed E-state index contributed by atoms with van der Waals surface area (Å²) in [6.07, 6.45) is 17.2. The van der Waals surface area contributed by atoms with Crippen LogP contribution < -0.4 is 0 Å². The van der Waals surface area contributed by atoms with Gasteiger partial charge in [0, 0.05) is 0 Å². The highest BCUT2D eigenvalue weighted by atomic mass is 16.3. The lowest BCUT2D eigenvalue weighted by atomic mass is 9.47. The van der Waals surface area contributed by atoms with Crippen molar-refractivity contribution >= 4 is 0 Å². The van der Waals surface area contributed by atoms with E-state index in [-0.39, 0.29) is 6.10 Å². The van der Waals surface area contributed by atoms with E-state index in [1.54, 1.807) is 0 Å². The van der Waals surface area contributed by atoms with E-state index < -0.39 is 0 Å². The molecule has 0 aliphatic heterocycles. The van der Waals surface area contributed by atoms with Gasteiger partial charge in [0.2, 0.25) is 0 Å². The van der Waals surface area contributed by atoms with E-state index in [1.807, 2.05) is 5.57 Å². The molecule has 0 heterocycles. The van der Waals surface area contributed by atoms with Crippen LogP contribution in [0, 0.1) is 46.3 Å². The van der Waals surface area contributed by atoms with Gasteiger partial charge in [0.05, 0.1) is 6.10 Å². The van der Waals surface area contributed by atoms with Gasteiger partial charge in [-0.2, -0.15) is 0 Å². The molecule has 1 nitrogen and oxygen atoms in total. The molecular formula is C27H46O. The summed E-state index contributed by atoms with van der Waals surface area (Å²) in [6, 6.07) is 0. The van der Waals surface area contributed by atoms with Crippen molar-refractivity contribution in [1.29, 1.82) is 0 Å². The fourth-order valence-corrected chi connectivity index (χ4v) is 8.51. The highest BCUT2D eigenvalue weighted by Crippen LogP contribution is 2.66. The van der Waals surface area contributed by atoms with E-state index in [9.17, 15) is 5.11 Å². The number of rotatable bonds is 5. The Balaban J connectivity index is 1.50. The predicted molar refractivity (Wildman–Crippen MR) is 119 cm³/mol. The third-order valence-corrected chi connectivity index (χ3v) is 10.3. The first kappa shape index (κ1) is 21.0. The lowest BCUT2D eigenvalue weighted by molar-refractivity contribution is -0.0427. The third kappa shape index (κ3) is 3.42. The predicted octanol–water partition coefficient (Wildman–Crippen LogP) is 7.39. The lowest BCUT2D eigenvalue weighted by Crippen LogP contribution is -2.49. The first-order chi connectivity index (χ1) is 13.3. The summed E-state index contributed by atoms with van der Waals surface area (Å²) < 4.78 is 0. The number of hydrogen-bond acceptors (Lipinski definition) is 1. The maximum Gasteiger partial charge on any atom is 0.0543 e. The topological polar surface area (TPSA) is 20.2 Å². The number of allylic oxidation sites excluding steroid dienone is 2. The molecule has 8 atom stereocenters. The average molecular weight is 387 g/mol. The van der Waals surface area contributed by atoms with Crippen LogP contribution in [0.1, 0.15) is 105 Å². The van der Waals surface area contributed by atoms with E-state index >= 15 is 0 Å². The van der Waals surface area contributed by atoms with Gasteiger partial charge in [-0.15, -0.1) is 0 Å². The summed E-state index contributed by atoms with van der Waals surface area (Å²) in [4.78, 5) is 0. The van der Waals surface area contributed by atoms with E-state index in [4.69, 9.17) is 0 Å². The zero-order valence-electron chi connectivity index (χ0n) is 19.3. The Morgan fingerprint density at radius 2 is 1.68 bits per heavy atom. The first-order valence-corrected chi connectivity index (χ1v) is 12.6. The zero-order valence-corrected chi connectivity index (χ0v) is 19.3. The van der Waals surface area contributed by atoms with Gasteiger partial charge in [-0.05, 0) is 97.7 Å². The summed E-state index contributed by atoms with van der Waals surface area (Å²) in [5.74, 6) is 5.07. The van der Waals surface area contributed by atoms with Gasteiger partial charge in [0.1, 0.15) is 0 Å². The van der Waals surface area contributed by atoms with E-state index in [1.165, 1.54) is 57.8 Å². The molecule has 0 spiro atoms. The molecule has 0 saturated heterocycles. The molecule has 4 rings (SSSR count). The fraction of sp³-hybridized carbons (Fsp3) is 0.926. The Morgan fingerprint density at radius 3 is 2.43 bits per heavy atom. The molecular weight excluding hydrogens is 340 g/mol. The largest absolute Gasteiger partial charge is 0.393 e. The molecule has 4 aliphatic rings. The normalized spacial score (nSPS) is 46.5. The van der Waals surface area contributed by atoms with Crippen molar-refractivity contribution in [2.75, 3.05) is 0 Å². The van der Waals surface area contributed by atoms with Gasteiger partial charge in [0.25, 0.3) is 0 Å². The summed E-state index contributed by atoms with van der Waals surface area (Å²) in [5, 5.41) is 10.2. The molecule has 1 N–H and O–H groups in total. The van der Waals surface area contributed by atoms with Crippen molar-refractivity contribution < 1.29 is 5.11 Å². The van der Waals surface area contributed by atoms with Crippen molar-refractivity contribution in [3.05, 3.63) is 11.6 Å². The molecule has 3 unspecified atom stereocenters. The van der Waals surface area contributed by atoms with Crippen molar-refractivity contribution in [2.45, 2.75) is 111 Å². The molecule has 4 aliphatic carbocycles. The summed E-state index contributed by atoms with van der Waals surface area (Å²) >= 11 is 0. The standard InChI is InChI=1S/C27H46O/c1-18(2)7-6-8-19(3)23-11-12-24-22-10-9-20-17-21(28)13-15-26(20,4)25(22)14-16-27(23,24)5/h10,18-21,23-25,28H,6-9,11-17H2,1-5H3/t19?,20?,21?,23-,24+,25+,26+,27-/m1/s1. The first-order valence-electron chi connectivity index (χ1n) is 12.6. The monoisotopic (exact) mass is 386 g/mol. The molecule has 0 aromatic rings. The SMILES string of the molecule is CC(C)CCCC(C)[C@H]1CC[C@H]2C3=CCC4CC(O)CC[C@]4(C)[C@H]3CC[C@]12C. The Morgan fingerprint density at radius 1 is 0.964 bits per heavy atom. The fourth-order valence-electron chi connectivity index (χ4n) is 8.51. The minimum atomic E-state index is -0.0376. The van der Waals surface area contributed by atoms with E-state index in [0.717, 1.165) is 48.3 Å². The highest BCUT2D eigenvalue weighted by molar-refractivity contribution is 5.27. The van der Waals surface area contributed by atoms with Crippen molar-refractivity contribution in [1.82, 2.24) is 0 Å². The second kappa shape index (κ2) is 7.75. The molecule has 0 bridgehead atoms. The van der Waals surface area contributed by atoms with Crippen LogP contribution in [0.15, 0.2) is 11.6 Å². The molecule has 0 radical (unpaired) electrons. The molecule has 160 valence electrons. The minimum absolute atomic E-state index is 0.0376. The van der Waals surface area contributed by atoms with Gasteiger partial charge in [-0.3, -0.25) is 0 Å². The molecule has 0 amide bonds. The van der Waals surface area contributed by atoms with Crippen LogP contribution in [0.25, 0.3) is 0 Å². The Hall–Kier alpha value is -0.300. The van der Waals surface area contributed by atoms with Gasteiger partial charge in [-0.1, -0.05) is 65.5 Å². The van der Waals surface area contributed by atoms with Crippen LogP contribution >= 0.6 is 0 Å². The zero-order chi connectivity index (χ0) is 20.1. The molecule has 0 aromatic carbocycles. The van der Waals surface area contributed by atoms with Crippen LogP contribution in [-0.2, 0) is 0 Å². The summed E-state index contributed by atoms with van der Waals surface area (Å²) in [6.45, 7) is 12.6. The molecule has 3 saturated carbocycles. The Bertz CT molecular complexity index is 591. The van der Waals surface area contributed by atoms with Gasteiger partial charge in [0.15, 0.2) is 0 Å². The highest BCUT2D eigenvalue weighted by Gasteiger charge is 2.58. The summed E-state index contributed by atoms with van der Waals surface area (Å²) in [5.41, 5.74) is 2.89. The van der Waals surface area contributed by atoms with Gasteiger partial charge in [-0.25, -0.2) is 0 Å². The Labute approximate surface area is 174 Å². The maximum atomic E-state index is 10.2. The molecule has 28 heavy (non-hydrogen) atoms. The Kier molecular flexibility index (Phi) is 5.80.